The zero-order valence-corrected chi connectivity index (χ0v) is 16.0. The number of hydrogen-bond acceptors (Lipinski definition) is 5. The van der Waals surface area contributed by atoms with E-state index in [-0.39, 0.29) is 11.8 Å². The van der Waals surface area contributed by atoms with Crippen LogP contribution in [0.1, 0.15) is 12.5 Å². The Morgan fingerprint density at radius 1 is 1.15 bits per heavy atom. The van der Waals surface area contributed by atoms with E-state index in [1.807, 2.05) is 42.6 Å². The molecule has 0 fully saturated rings. The fourth-order valence-corrected chi connectivity index (χ4v) is 5.51. The third kappa shape index (κ3) is 2.97. The molecular formula is C19H18N2O3S2. The lowest BCUT2D eigenvalue weighted by molar-refractivity contribution is 0.475. The molecule has 2 heterocycles. The summed E-state index contributed by atoms with van der Waals surface area (Å²) in [6.07, 6.45) is 1.95. The van der Waals surface area contributed by atoms with E-state index in [4.69, 9.17) is 4.98 Å². The number of thiazole rings is 1. The number of nitrogens with zero attached hydrogens (tertiary/aromatic N) is 2. The molecule has 0 saturated heterocycles. The van der Waals surface area contributed by atoms with Gasteiger partial charge in [-0.3, -0.25) is 4.31 Å². The number of phenolic OH excluding ortho intramolecular Hbond substituents is 1. The van der Waals surface area contributed by atoms with E-state index in [0.29, 0.717) is 6.42 Å². The predicted molar refractivity (Wildman–Crippen MR) is 105 cm³/mol. The van der Waals surface area contributed by atoms with Gasteiger partial charge >= 0.3 is 0 Å². The maximum Gasteiger partial charge on any atom is 0.232 e. The van der Waals surface area contributed by atoms with Crippen molar-refractivity contribution < 1.29 is 13.5 Å². The molecule has 7 heteroatoms. The highest BCUT2D eigenvalue weighted by atomic mass is 32.2. The molecule has 0 unspecified atom stereocenters. The van der Waals surface area contributed by atoms with Crippen molar-refractivity contribution >= 4 is 27.0 Å². The van der Waals surface area contributed by atoms with Crippen LogP contribution < -0.4 is 4.31 Å². The lowest BCUT2D eigenvalue weighted by Gasteiger charge is -2.21. The molecule has 0 radical (unpaired) electrons. The topological polar surface area (TPSA) is 70.5 Å². The van der Waals surface area contributed by atoms with Crippen LogP contribution in [0.25, 0.3) is 21.8 Å². The average Bonchev–Trinajstić information content (AvgIpc) is 3.17. The van der Waals surface area contributed by atoms with Gasteiger partial charge in [-0.1, -0.05) is 6.07 Å². The van der Waals surface area contributed by atoms with Crippen molar-refractivity contribution in [2.75, 3.05) is 10.6 Å². The first-order valence-electron chi connectivity index (χ1n) is 8.20. The summed E-state index contributed by atoms with van der Waals surface area (Å²) in [5, 5.41) is 12.3. The summed E-state index contributed by atoms with van der Waals surface area (Å²) in [5.74, 6) is 0.230. The highest BCUT2D eigenvalue weighted by Gasteiger charge is 2.32. The zero-order chi connectivity index (χ0) is 18.5. The summed E-state index contributed by atoms with van der Waals surface area (Å²) < 4.78 is 25.6. The van der Waals surface area contributed by atoms with Crippen LogP contribution in [0.5, 0.6) is 5.75 Å². The van der Waals surface area contributed by atoms with Crippen LogP contribution in [-0.2, 0) is 16.4 Å². The number of phenols is 1. The molecule has 3 aromatic rings. The highest BCUT2D eigenvalue weighted by Crippen LogP contribution is 2.37. The molecule has 0 bridgehead atoms. The first-order chi connectivity index (χ1) is 12.3. The van der Waals surface area contributed by atoms with Gasteiger partial charge in [0.15, 0.2) is 0 Å². The summed E-state index contributed by atoms with van der Waals surface area (Å²) in [6, 6.07) is 12.7. The molecule has 1 aliphatic heterocycles. The summed E-state index contributed by atoms with van der Waals surface area (Å²) in [4.78, 5) is 4.70. The third-order valence-electron chi connectivity index (χ3n) is 4.50. The molecule has 26 heavy (non-hydrogen) atoms. The maximum absolute atomic E-state index is 12.0. The van der Waals surface area contributed by atoms with Crippen LogP contribution in [0.3, 0.4) is 0 Å². The van der Waals surface area contributed by atoms with Gasteiger partial charge in [0.05, 0.1) is 17.6 Å². The molecule has 134 valence electrons. The molecule has 1 N–H and O–H groups in total. The molecule has 1 aliphatic rings. The normalized spacial score (nSPS) is 16.7. The van der Waals surface area contributed by atoms with Gasteiger partial charge in [0.2, 0.25) is 10.0 Å². The minimum absolute atomic E-state index is 0.0711. The number of sulfonamides is 1. The number of benzene rings is 2. The van der Waals surface area contributed by atoms with Gasteiger partial charge in [-0.05, 0) is 55.3 Å². The van der Waals surface area contributed by atoms with Crippen LogP contribution in [0, 0.1) is 0 Å². The maximum atomic E-state index is 12.0. The Balaban J connectivity index is 1.69. The van der Waals surface area contributed by atoms with E-state index >= 15 is 0 Å². The highest BCUT2D eigenvalue weighted by molar-refractivity contribution is 7.92. The van der Waals surface area contributed by atoms with E-state index in [9.17, 15) is 13.5 Å². The Morgan fingerprint density at radius 2 is 1.85 bits per heavy atom. The molecule has 2 aromatic carbocycles. The smallest absolute Gasteiger partial charge is 0.232 e. The monoisotopic (exact) mass is 386 g/mol. The Kier molecular flexibility index (Phi) is 4.00. The fourth-order valence-electron chi connectivity index (χ4n) is 3.41. The zero-order valence-electron chi connectivity index (χ0n) is 14.4. The number of anilines is 1. The molecule has 0 aliphatic carbocycles. The quantitative estimate of drug-likeness (QED) is 0.741. The van der Waals surface area contributed by atoms with Crippen molar-refractivity contribution in [2.45, 2.75) is 19.4 Å². The van der Waals surface area contributed by atoms with Gasteiger partial charge in [0.25, 0.3) is 0 Å². The fraction of sp³-hybridized carbons (Fsp3) is 0.211. The SMILES string of the molecule is C[C@@H]1Cc2cc(-c3csc(-c4ccc(O)cc4)n3)ccc2N1S(C)(=O)=O. The number of fused-ring (bicyclic) bond motifs is 1. The minimum atomic E-state index is -3.28. The van der Waals surface area contributed by atoms with Crippen molar-refractivity contribution in [3.05, 3.63) is 53.4 Å². The van der Waals surface area contributed by atoms with Gasteiger partial charge in [-0.15, -0.1) is 11.3 Å². The van der Waals surface area contributed by atoms with Gasteiger partial charge in [0, 0.05) is 22.5 Å². The molecule has 0 saturated carbocycles. The second kappa shape index (κ2) is 6.10. The van der Waals surface area contributed by atoms with E-state index < -0.39 is 10.0 Å². The number of hydrogen-bond donors (Lipinski definition) is 1. The first-order valence-corrected chi connectivity index (χ1v) is 10.9. The summed E-state index contributed by atoms with van der Waals surface area (Å²) >= 11 is 1.54. The number of aromatic hydroxyl groups is 1. The van der Waals surface area contributed by atoms with E-state index in [2.05, 4.69) is 0 Å². The van der Waals surface area contributed by atoms with Crippen molar-refractivity contribution in [3.63, 3.8) is 0 Å². The molecule has 5 nitrogen and oxygen atoms in total. The summed E-state index contributed by atoms with van der Waals surface area (Å²) in [7, 11) is -3.28. The number of aromatic nitrogens is 1. The van der Waals surface area contributed by atoms with Crippen molar-refractivity contribution in [1.82, 2.24) is 4.98 Å². The van der Waals surface area contributed by atoms with Crippen LogP contribution in [0.4, 0.5) is 5.69 Å². The Labute approximate surface area is 156 Å². The lowest BCUT2D eigenvalue weighted by atomic mass is 10.1. The van der Waals surface area contributed by atoms with E-state index in [0.717, 1.165) is 33.1 Å². The molecule has 4 rings (SSSR count). The first kappa shape index (κ1) is 17.1. The largest absolute Gasteiger partial charge is 0.508 e. The molecular weight excluding hydrogens is 368 g/mol. The average molecular weight is 386 g/mol. The molecule has 0 spiro atoms. The Morgan fingerprint density at radius 3 is 2.54 bits per heavy atom. The predicted octanol–water partition coefficient (Wildman–Crippen LogP) is 3.89. The standard InChI is InChI=1S/C19H18N2O3S2/c1-12-9-15-10-14(5-8-18(15)21(12)26(2,23)24)17-11-25-19(20-17)13-3-6-16(22)7-4-13/h3-8,10-12,22H,9H2,1-2H3/t12-/m1/s1. The van der Waals surface area contributed by atoms with Gasteiger partial charge in [0.1, 0.15) is 10.8 Å². The molecule has 1 aromatic heterocycles. The Bertz CT molecular complexity index is 1070. The third-order valence-corrected chi connectivity index (χ3v) is 6.67. The van der Waals surface area contributed by atoms with Crippen molar-refractivity contribution in [2.24, 2.45) is 0 Å². The molecule has 0 amide bonds. The second-order valence-electron chi connectivity index (χ2n) is 6.54. The summed E-state index contributed by atoms with van der Waals surface area (Å²) in [6.45, 7) is 1.92. The lowest BCUT2D eigenvalue weighted by Crippen LogP contribution is -2.34. The van der Waals surface area contributed by atoms with E-state index in [1.54, 1.807) is 23.5 Å². The van der Waals surface area contributed by atoms with Crippen LogP contribution >= 0.6 is 11.3 Å². The number of rotatable bonds is 3. The minimum Gasteiger partial charge on any atom is -0.508 e. The molecule has 1 atom stereocenters. The van der Waals surface area contributed by atoms with Crippen LogP contribution in [0.15, 0.2) is 47.8 Å². The van der Waals surface area contributed by atoms with Crippen LogP contribution in [-0.4, -0.2) is 30.8 Å². The second-order valence-corrected chi connectivity index (χ2v) is 9.26. The van der Waals surface area contributed by atoms with Crippen LogP contribution in [0.2, 0.25) is 0 Å². The van der Waals surface area contributed by atoms with Crippen molar-refractivity contribution in [3.8, 4) is 27.6 Å². The van der Waals surface area contributed by atoms with Gasteiger partial charge in [-0.25, -0.2) is 13.4 Å². The van der Waals surface area contributed by atoms with E-state index in [1.165, 1.54) is 10.6 Å². The van der Waals surface area contributed by atoms with Gasteiger partial charge in [-0.2, -0.15) is 0 Å². The van der Waals surface area contributed by atoms with Crippen molar-refractivity contribution in [1.29, 1.82) is 0 Å². The summed E-state index contributed by atoms with van der Waals surface area (Å²) in [5.41, 5.74) is 4.59. The van der Waals surface area contributed by atoms with Gasteiger partial charge < -0.3 is 5.11 Å². The Hall–Kier alpha value is -2.38.